The molecule has 1 atom stereocenters. The van der Waals surface area contributed by atoms with E-state index in [9.17, 15) is 4.79 Å². The number of aromatic nitrogens is 4. The van der Waals surface area contributed by atoms with Crippen molar-refractivity contribution in [3.63, 3.8) is 0 Å². The maximum absolute atomic E-state index is 13.0. The Morgan fingerprint density at radius 2 is 2.09 bits per heavy atom. The van der Waals surface area contributed by atoms with Crippen molar-refractivity contribution in [3.05, 3.63) is 72.6 Å². The molecule has 0 aromatic carbocycles. The molecule has 0 bridgehead atoms. The molecule has 3 aromatic heterocycles. The van der Waals surface area contributed by atoms with Gasteiger partial charge in [0.15, 0.2) is 0 Å². The van der Waals surface area contributed by atoms with E-state index in [-0.39, 0.29) is 11.9 Å². The third kappa shape index (κ3) is 3.73. The number of aliphatic imine (C=N–C) groups is 1. The van der Waals surface area contributed by atoms with Gasteiger partial charge >= 0.3 is 0 Å². The molecular weight excluding hydrogens is 428 g/mol. The van der Waals surface area contributed by atoms with Crippen molar-refractivity contribution in [1.82, 2.24) is 30.0 Å². The highest BCUT2D eigenvalue weighted by Crippen LogP contribution is 2.30. The lowest BCUT2D eigenvalue weighted by molar-refractivity contribution is 0.102. The van der Waals surface area contributed by atoms with E-state index in [4.69, 9.17) is 0 Å². The molecule has 6 rings (SSSR count). The predicted octanol–water partition coefficient (Wildman–Crippen LogP) is 3.46. The van der Waals surface area contributed by atoms with Gasteiger partial charge in [0.2, 0.25) is 0 Å². The first kappa shape index (κ1) is 20.6. The number of aromatic amines is 1. The van der Waals surface area contributed by atoms with Crippen LogP contribution in [0.15, 0.2) is 66.5 Å². The monoisotopic (exact) mass is 454 g/mol. The Hall–Kier alpha value is -3.98. The van der Waals surface area contributed by atoms with Crippen LogP contribution in [0.5, 0.6) is 0 Å². The highest BCUT2D eigenvalue weighted by Gasteiger charge is 2.21. The number of nitrogens with one attached hydrogen (secondary N) is 3. The summed E-state index contributed by atoms with van der Waals surface area (Å²) in [5.41, 5.74) is 3.96. The van der Waals surface area contributed by atoms with E-state index in [1.54, 1.807) is 12.4 Å². The SMILES string of the molecule is CC1C=CN=C2C=CC(c3c[nH]c4ncc(C(=O)Nc5cnn(C6CCNCC6)c5)cc34)=CN21. The van der Waals surface area contributed by atoms with E-state index in [0.717, 1.165) is 53.9 Å². The molecule has 0 saturated carbocycles. The van der Waals surface area contributed by atoms with Gasteiger partial charge in [0.05, 0.1) is 29.5 Å². The summed E-state index contributed by atoms with van der Waals surface area (Å²) in [4.78, 5) is 27.3. The molecule has 0 spiro atoms. The van der Waals surface area contributed by atoms with Crippen molar-refractivity contribution in [2.24, 2.45) is 4.99 Å². The number of amidine groups is 1. The lowest BCUT2D eigenvalue weighted by atomic mass is 10.0. The van der Waals surface area contributed by atoms with E-state index in [0.29, 0.717) is 17.3 Å². The predicted molar refractivity (Wildman–Crippen MR) is 132 cm³/mol. The molecule has 0 aliphatic carbocycles. The number of rotatable bonds is 4. The summed E-state index contributed by atoms with van der Waals surface area (Å²) in [6, 6.07) is 2.48. The highest BCUT2D eigenvalue weighted by molar-refractivity contribution is 6.08. The Morgan fingerprint density at radius 3 is 2.97 bits per heavy atom. The molecule has 1 saturated heterocycles. The minimum Gasteiger partial charge on any atom is -0.346 e. The topological polar surface area (TPSA) is 103 Å². The first-order chi connectivity index (χ1) is 16.7. The molecule has 3 aliphatic heterocycles. The quantitative estimate of drug-likeness (QED) is 0.560. The number of allylic oxidation sites excluding steroid dienone is 2. The lowest BCUT2D eigenvalue weighted by Crippen LogP contribution is -2.35. The van der Waals surface area contributed by atoms with Gasteiger partial charge in [-0.1, -0.05) is 0 Å². The fourth-order valence-electron chi connectivity index (χ4n) is 4.68. The van der Waals surface area contributed by atoms with Gasteiger partial charge in [-0.25, -0.2) is 9.98 Å². The maximum atomic E-state index is 13.0. The average molecular weight is 455 g/mol. The van der Waals surface area contributed by atoms with E-state index in [1.165, 1.54) is 0 Å². The maximum Gasteiger partial charge on any atom is 0.257 e. The number of nitrogens with zero attached hydrogens (tertiary/aromatic N) is 5. The molecule has 9 heteroatoms. The van der Waals surface area contributed by atoms with Crippen LogP contribution in [0.1, 0.15) is 41.7 Å². The third-order valence-electron chi connectivity index (χ3n) is 6.61. The van der Waals surface area contributed by atoms with E-state index >= 15 is 0 Å². The molecule has 1 fully saturated rings. The largest absolute Gasteiger partial charge is 0.346 e. The van der Waals surface area contributed by atoms with Gasteiger partial charge in [0.25, 0.3) is 5.91 Å². The minimum atomic E-state index is -0.205. The van der Waals surface area contributed by atoms with Crippen LogP contribution in [-0.2, 0) is 0 Å². The molecule has 3 N–H and O–H groups in total. The second kappa shape index (κ2) is 8.42. The number of H-pyrrole nitrogens is 1. The van der Waals surface area contributed by atoms with Gasteiger partial charge in [-0.05, 0) is 57.1 Å². The molecular formula is C25H26N8O. The number of carbonyl (C=O) groups excluding carboxylic acids is 1. The number of hydrogen-bond donors (Lipinski definition) is 3. The molecule has 3 aromatic rings. The fourth-order valence-corrected chi connectivity index (χ4v) is 4.68. The number of anilines is 1. The van der Waals surface area contributed by atoms with E-state index in [2.05, 4.69) is 54.8 Å². The third-order valence-corrected chi connectivity index (χ3v) is 6.61. The second-order valence-electron chi connectivity index (χ2n) is 8.86. The van der Waals surface area contributed by atoms with Gasteiger partial charge in [-0.15, -0.1) is 0 Å². The summed E-state index contributed by atoms with van der Waals surface area (Å²) in [5, 5.41) is 11.7. The zero-order chi connectivity index (χ0) is 23.1. The Balaban J connectivity index is 1.24. The van der Waals surface area contributed by atoms with Crippen LogP contribution >= 0.6 is 0 Å². The van der Waals surface area contributed by atoms with Gasteiger partial charge in [0.1, 0.15) is 11.5 Å². The Kier molecular flexibility index (Phi) is 5.10. The van der Waals surface area contributed by atoms with Crippen LogP contribution in [0.25, 0.3) is 16.6 Å². The van der Waals surface area contributed by atoms with Crippen molar-refractivity contribution >= 4 is 34.0 Å². The Labute approximate surface area is 197 Å². The fraction of sp³-hybridized carbons (Fsp3) is 0.280. The molecule has 1 unspecified atom stereocenters. The van der Waals surface area contributed by atoms with E-state index in [1.807, 2.05) is 41.5 Å². The average Bonchev–Trinajstić information content (AvgIpc) is 3.51. The van der Waals surface area contributed by atoms with Crippen molar-refractivity contribution in [2.45, 2.75) is 31.8 Å². The molecule has 0 radical (unpaired) electrons. The summed E-state index contributed by atoms with van der Waals surface area (Å²) in [7, 11) is 0. The Bertz CT molecular complexity index is 1370. The van der Waals surface area contributed by atoms with Crippen molar-refractivity contribution < 1.29 is 4.79 Å². The summed E-state index contributed by atoms with van der Waals surface area (Å²) < 4.78 is 1.96. The van der Waals surface area contributed by atoms with Crippen LogP contribution in [0.2, 0.25) is 0 Å². The van der Waals surface area contributed by atoms with Crippen molar-refractivity contribution in [2.75, 3.05) is 18.4 Å². The lowest BCUT2D eigenvalue weighted by Gasteiger charge is -2.30. The molecule has 3 aliphatic rings. The standard InChI is InChI=1S/C25H26N8O/c1-16-4-9-27-23-3-2-17(14-32(16)23)22-13-29-24-21(22)10-18(11-28-24)25(34)31-19-12-30-33(15-19)20-5-7-26-8-6-20/h2-4,9-16,20,26H,5-8H2,1H3,(H,28,29)(H,31,34). The Morgan fingerprint density at radius 1 is 1.21 bits per heavy atom. The number of amides is 1. The van der Waals surface area contributed by atoms with Gasteiger partial charge in [-0.3, -0.25) is 9.48 Å². The number of hydrogen-bond acceptors (Lipinski definition) is 6. The van der Waals surface area contributed by atoms with Crippen LogP contribution in [0.3, 0.4) is 0 Å². The van der Waals surface area contributed by atoms with Crippen LogP contribution < -0.4 is 10.6 Å². The molecule has 1 amide bonds. The molecule has 172 valence electrons. The number of piperidine rings is 1. The molecule has 9 nitrogen and oxygen atoms in total. The smallest absolute Gasteiger partial charge is 0.257 e. The molecule has 34 heavy (non-hydrogen) atoms. The summed E-state index contributed by atoms with van der Waals surface area (Å²) in [6.45, 7) is 4.11. The first-order valence-electron chi connectivity index (χ1n) is 11.6. The first-order valence-corrected chi connectivity index (χ1v) is 11.6. The van der Waals surface area contributed by atoms with Gasteiger partial charge in [-0.2, -0.15) is 5.10 Å². The highest BCUT2D eigenvalue weighted by atomic mass is 16.1. The van der Waals surface area contributed by atoms with Crippen molar-refractivity contribution in [3.8, 4) is 0 Å². The normalized spacial score (nSPS) is 20.3. The summed E-state index contributed by atoms with van der Waals surface area (Å²) in [6.07, 6.45) is 19.3. The van der Waals surface area contributed by atoms with Gasteiger partial charge in [0, 0.05) is 47.5 Å². The number of pyridine rings is 1. The zero-order valence-corrected chi connectivity index (χ0v) is 18.9. The minimum absolute atomic E-state index is 0.205. The van der Waals surface area contributed by atoms with Crippen LogP contribution in [-0.4, -0.2) is 55.5 Å². The van der Waals surface area contributed by atoms with Crippen LogP contribution in [0, 0.1) is 0 Å². The van der Waals surface area contributed by atoms with Gasteiger partial charge < -0.3 is 20.5 Å². The number of carbonyl (C=O) groups is 1. The zero-order valence-electron chi connectivity index (χ0n) is 18.9. The second-order valence-corrected chi connectivity index (χ2v) is 8.86. The molecule has 6 heterocycles. The van der Waals surface area contributed by atoms with Crippen LogP contribution in [0.4, 0.5) is 5.69 Å². The van der Waals surface area contributed by atoms with E-state index < -0.39 is 0 Å². The van der Waals surface area contributed by atoms with Crippen molar-refractivity contribution in [1.29, 1.82) is 0 Å². The number of fused-ring (bicyclic) bond motifs is 2. The summed E-state index contributed by atoms with van der Waals surface area (Å²) in [5.74, 6) is 0.714. The summed E-state index contributed by atoms with van der Waals surface area (Å²) >= 11 is 0.